The summed E-state index contributed by atoms with van der Waals surface area (Å²) in [5.41, 5.74) is 0. The van der Waals surface area contributed by atoms with Crippen LogP contribution < -0.4 is 41.8 Å². The summed E-state index contributed by atoms with van der Waals surface area (Å²) in [7, 11) is -13.2. The van der Waals surface area contributed by atoms with Crippen LogP contribution in [0.2, 0.25) is 0 Å². The fraction of sp³-hybridized carbons (Fsp3) is 0. The molecule has 0 saturated heterocycles. The second-order valence-electron chi connectivity index (χ2n) is 9.77. The summed E-state index contributed by atoms with van der Waals surface area (Å²) in [4.78, 5) is 34.7. The quantitative estimate of drug-likeness (QED) is 0.109. The van der Waals surface area contributed by atoms with E-state index in [0.717, 1.165) is 0 Å². The molecule has 0 aliphatic carbocycles. The molecule has 6 rings (SSSR count). The van der Waals surface area contributed by atoms with Crippen molar-refractivity contribution in [1.29, 1.82) is 0 Å². The van der Waals surface area contributed by atoms with Gasteiger partial charge in [-0.3, -0.25) is 0 Å². The molecule has 6 aromatic carbocycles. The number of benzene rings is 6. The molecule has 0 spiro atoms. The number of hydrogen-bond donors (Lipinski definition) is 0. The monoisotopic (exact) mass is 889 g/mol. The van der Waals surface area contributed by atoms with Crippen molar-refractivity contribution in [3.05, 3.63) is 182 Å². The van der Waals surface area contributed by atoms with Gasteiger partial charge >= 0.3 is 64.3 Å². The van der Waals surface area contributed by atoms with E-state index < -0.39 is 23.5 Å². The molecule has 12 nitrogen and oxygen atoms in total. The minimum Gasteiger partial charge on any atom is -0.736 e. The summed E-state index contributed by atoms with van der Waals surface area (Å²) in [6.45, 7) is 0. The standard InChI is InChI=1S/3C12H11O4P.Nd/c3*13-17(14,15-11-7-3-1-4-8-11)16-12-9-5-2-6-10-12;/h3*1-10H,(H,13,14);/q;;;+3/p-3. The van der Waals surface area contributed by atoms with Gasteiger partial charge in [0.2, 0.25) is 0 Å². The van der Waals surface area contributed by atoms with E-state index in [0.29, 0.717) is 0 Å². The predicted molar refractivity (Wildman–Crippen MR) is 185 cm³/mol. The van der Waals surface area contributed by atoms with Crippen LogP contribution in [0.1, 0.15) is 0 Å². The third kappa shape index (κ3) is 17.0. The summed E-state index contributed by atoms with van der Waals surface area (Å²) in [5.74, 6) is 1.34. The average molecular weight is 892 g/mol. The molecule has 0 atom stereocenters. The van der Waals surface area contributed by atoms with Crippen LogP contribution >= 0.6 is 23.5 Å². The van der Waals surface area contributed by atoms with Crippen molar-refractivity contribution in [2.45, 2.75) is 0 Å². The third-order valence-corrected chi connectivity index (χ3v) is 8.37. The van der Waals surface area contributed by atoms with Crippen molar-refractivity contribution in [2.24, 2.45) is 0 Å². The van der Waals surface area contributed by atoms with Crippen LogP contribution in [0.5, 0.6) is 34.5 Å². The molecule has 0 amide bonds. The fourth-order valence-corrected chi connectivity index (χ4v) is 6.11. The Bertz CT molecular complexity index is 1640. The first-order chi connectivity index (χ1) is 24.5. The van der Waals surface area contributed by atoms with E-state index in [-0.39, 0.29) is 75.3 Å². The number of para-hydroxylation sites is 6. The van der Waals surface area contributed by atoms with E-state index in [9.17, 15) is 28.4 Å². The Morgan fingerprint density at radius 2 is 0.385 bits per heavy atom. The summed E-state index contributed by atoms with van der Waals surface area (Å²) in [6.07, 6.45) is 0. The Morgan fingerprint density at radius 1 is 0.269 bits per heavy atom. The minimum atomic E-state index is -4.39. The molecule has 0 aliphatic heterocycles. The van der Waals surface area contributed by atoms with Crippen LogP contribution in [-0.2, 0) is 13.7 Å². The molecule has 0 saturated carbocycles. The smallest absolute Gasteiger partial charge is 0.736 e. The molecular formula is C36H30NdO12P3. The Hall–Kier alpha value is -3.96. The van der Waals surface area contributed by atoms with Crippen LogP contribution in [0.15, 0.2) is 182 Å². The van der Waals surface area contributed by atoms with Gasteiger partial charge in [0.1, 0.15) is 34.5 Å². The van der Waals surface area contributed by atoms with E-state index in [1.807, 2.05) is 0 Å². The second kappa shape index (κ2) is 21.5. The van der Waals surface area contributed by atoms with E-state index in [4.69, 9.17) is 27.1 Å². The fourth-order valence-electron chi connectivity index (χ4n) is 3.72. The Labute approximate surface area is 333 Å². The van der Waals surface area contributed by atoms with Crippen LogP contribution in [0.25, 0.3) is 0 Å². The molecule has 0 bridgehead atoms. The van der Waals surface area contributed by atoms with Gasteiger partial charge in [0.05, 0.1) is 0 Å². The van der Waals surface area contributed by atoms with Gasteiger partial charge in [0.15, 0.2) is 0 Å². The maximum absolute atomic E-state index is 11.6. The zero-order chi connectivity index (χ0) is 36.4. The van der Waals surface area contributed by atoms with Crippen molar-refractivity contribution < 1.29 is 96.4 Å². The van der Waals surface area contributed by atoms with Crippen molar-refractivity contribution in [2.75, 3.05) is 0 Å². The number of phosphoric ester groups is 3. The summed E-state index contributed by atoms with van der Waals surface area (Å²) in [5, 5.41) is 0. The van der Waals surface area contributed by atoms with E-state index in [2.05, 4.69) is 0 Å². The molecule has 52 heavy (non-hydrogen) atoms. The van der Waals surface area contributed by atoms with Crippen molar-refractivity contribution in [1.82, 2.24) is 0 Å². The van der Waals surface area contributed by atoms with Crippen LogP contribution in [-0.4, -0.2) is 0 Å². The van der Waals surface area contributed by atoms with Gasteiger partial charge in [-0.1, -0.05) is 109 Å². The van der Waals surface area contributed by atoms with Crippen molar-refractivity contribution >= 4 is 23.5 Å². The third-order valence-electron chi connectivity index (χ3n) is 5.76. The average Bonchev–Trinajstić information content (AvgIpc) is 3.10. The predicted octanol–water partition coefficient (Wildman–Crippen LogP) is 7.84. The van der Waals surface area contributed by atoms with Gasteiger partial charge in [-0.05, 0) is 72.8 Å². The molecule has 1 radical (unpaired) electrons. The zero-order valence-electron chi connectivity index (χ0n) is 27.1. The molecule has 0 unspecified atom stereocenters. The Morgan fingerprint density at radius 3 is 0.500 bits per heavy atom. The van der Waals surface area contributed by atoms with Gasteiger partial charge in [-0.25, -0.2) is 13.7 Å². The maximum atomic E-state index is 11.6. The van der Waals surface area contributed by atoms with Crippen molar-refractivity contribution in [3.8, 4) is 34.5 Å². The molecule has 0 aromatic heterocycles. The summed E-state index contributed by atoms with van der Waals surface area (Å²) < 4.78 is 63.4. The number of phosphoric acid groups is 3. The SMILES string of the molecule is O=P([O-])(Oc1ccccc1)Oc1ccccc1.O=P([O-])(Oc1ccccc1)Oc1ccccc1.O=P([O-])(Oc1ccccc1)Oc1ccccc1.[Nd+3]. The maximum Gasteiger partial charge on any atom is 3.00 e. The first-order valence-electron chi connectivity index (χ1n) is 14.9. The summed E-state index contributed by atoms with van der Waals surface area (Å²) in [6, 6.07) is 49.2. The molecule has 0 fully saturated rings. The first-order valence-corrected chi connectivity index (χ1v) is 19.3. The topological polar surface area (TPSA) is 176 Å². The van der Waals surface area contributed by atoms with E-state index >= 15 is 0 Å². The van der Waals surface area contributed by atoms with E-state index in [1.165, 1.54) is 0 Å². The first kappa shape index (κ1) is 42.5. The molecular weight excluding hydrogens is 862 g/mol. The molecule has 6 aromatic rings. The molecule has 0 aliphatic rings. The number of hydrogen-bond acceptors (Lipinski definition) is 12. The van der Waals surface area contributed by atoms with Crippen LogP contribution in [0.4, 0.5) is 0 Å². The van der Waals surface area contributed by atoms with Gasteiger partial charge in [0, 0.05) is 0 Å². The normalized spacial score (nSPS) is 10.7. The van der Waals surface area contributed by atoms with Gasteiger partial charge in [-0.15, -0.1) is 0 Å². The minimum absolute atomic E-state index is 0. The van der Waals surface area contributed by atoms with Gasteiger partial charge in [0.25, 0.3) is 0 Å². The molecule has 265 valence electrons. The zero-order valence-corrected chi connectivity index (χ0v) is 33.0. The Kier molecular flexibility index (Phi) is 17.6. The molecule has 16 heteroatoms. The van der Waals surface area contributed by atoms with Crippen LogP contribution in [0, 0.1) is 40.8 Å². The second-order valence-corrected chi connectivity index (χ2v) is 13.5. The van der Waals surface area contributed by atoms with Gasteiger partial charge < -0.3 is 41.8 Å². The van der Waals surface area contributed by atoms with E-state index in [1.54, 1.807) is 182 Å². The number of rotatable bonds is 12. The van der Waals surface area contributed by atoms with Crippen LogP contribution in [0.3, 0.4) is 0 Å². The van der Waals surface area contributed by atoms with Crippen molar-refractivity contribution in [3.63, 3.8) is 0 Å². The Balaban J connectivity index is 0.000000208. The summed E-state index contributed by atoms with van der Waals surface area (Å²) >= 11 is 0. The molecule has 0 heterocycles. The largest absolute Gasteiger partial charge is 3.00 e. The molecule has 0 N–H and O–H groups in total. The van der Waals surface area contributed by atoms with Gasteiger partial charge in [-0.2, -0.15) is 0 Å².